The molecule has 0 aliphatic carbocycles. The van der Waals surface area contributed by atoms with Crippen molar-refractivity contribution in [1.82, 2.24) is 14.2 Å². The fourth-order valence-corrected chi connectivity index (χ4v) is 6.07. The van der Waals surface area contributed by atoms with Crippen LogP contribution in [0.2, 0.25) is 5.02 Å². The molecule has 0 aliphatic heterocycles. The maximum Gasteiger partial charge on any atom is 0.260 e. The van der Waals surface area contributed by atoms with Crippen molar-refractivity contribution in [3.8, 4) is 12.1 Å². The Hall–Kier alpha value is -2.77. The number of nitrogens with zero attached hydrogens (tertiary/aromatic N) is 6. The second-order valence-corrected chi connectivity index (χ2v) is 11.5. The minimum Gasteiger partial charge on any atom is -0.308 e. The summed E-state index contributed by atoms with van der Waals surface area (Å²) in [5.41, 5.74) is 1.05. The summed E-state index contributed by atoms with van der Waals surface area (Å²) in [5, 5.41) is 18.8. The van der Waals surface area contributed by atoms with Crippen LogP contribution in [0.1, 0.15) is 23.2 Å². The van der Waals surface area contributed by atoms with Crippen LogP contribution in [0.15, 0.2) is 47.4 Å². The molecule has 0 saturated heterocycles. The predicted octanol–water partition coefficient (Wildman–Crippen LogP) is 4.40. The topological polar surface area (TPSA) is 121 Å². The molecule has 0 N–H and O–H groups in total. The van der Waals surface area contributed by atoms with Crippen molar-refractivity contribution >= 4 is 66.6 Å². The molecule has 3 rings (SSSR count). The third kappa shape index (κ3) is 7.62. The van der Waals surface area contributed by atoms with E-state index in [2.05, 4.69) is 4.98 Å². The monoisotopic (exact) mass is 580 g/mol. The summed E-state index contributed by atoms with van der Waals surface area (Å²) in [5.74, 6) is -0.309. The summed E-state index contributed by atoms with van der Waals surface area (Å²) in [6.07, 6.45) is 0.0187. The van der Waals surface area contributed by atoms with E-state index < -0.39 is 10.0 Å². The Kier molecular flexibility index (Phi) is 11.3. The van der Waals surface area contributed by atoms with Gasteiger partial charge in [0.25, 0.3) is 5.91 Å². The first-order valence-electron chi connectivity index (χ1n) is 11.0. The minimum atomic E-state index is -3.93. The molecule has 0 radical (unpaired) electrons. The van der Waals surface area contributed by atoms with Crippen LogP contribution in [0.25, 0.3) is 10.2 Å². The Morgan fingerprint density at radius 2 is 1.62 bits per heavy atom. The van der Waals surface area contributed by atoms with Gasteiger partial charge in [0.2, 0.25) is 10.0 Å². The Morgan fingerprint density at radius 1 is 1.00 bits per heavy atom. The standard InChI is InChI=1S/C24H25ClN6O3S2.ClH/c1-29(2)15-16-31(24-28-21-10-7-19(25)17-22(21)35-24)23(32)18-5-8-20(9-6-18)36(33,34)30(13-3-11-26)14-4-12-27;/h5-10,17H,3-4,13-16H2,1-2H3;1H. The molecule has 0 fully saturated rings. The Bertz CT molecular complexity index is 1390. The van der Waals surface area contributed by atoms with E-state index in [9.17, 15) is 13.2 Å². The van der Waals surface area contributed by atoms with Crippen molar-refractivity contribution in [2.24, 2.45) is 0 Å². The fraction of sp³-hybridized carbons (Fsp3) is 0.333. The minimum absolute atomic E-state index is 0. The Balaban J connectivity index is 0.00000481. The molecule has 0 atom stereocenters. The number of likely N-dealkylation sites (N-methyl/N-ethyl adjacent to an activating group) is 1. The lowest BCUT2D eigenvalue weighted by atomic mass is 10.2. The molecule has 0 unspecified atom stereocenters. The number of hydrogen-bond donors (Lipinski definition) is 0. The molecule has 13 heteroatoms. The number of sulfonamides is 1. The highest BCUT2D eigenvalue weighted by Crippen LogP contribution is 2.31. The van der Waals surface area contributed by atoms with Crippen LogP contribution in [0.4, 0.5) is 5.13 Å². The van der Waals surface area contributed by atoms with Crippen molar-refractivity contribution in [3.63, 3.8) is 0 Å². The molecule has 1 aromatic heterocycles. The van der Waals surface area contributed by atoms with Gasteiger partial charge in [-0.15, -0.1) is 12.4 Å². The Morgan fingerprint density at radius 3 is 2.19 bits per heavy atom. The van der Waals surface area contributed by atoms with E-state index in [1.807, 2.05) is 31.1 Å². The van der Waals surface area contributed by atoms with Crippen molar-refractivity contribution in [2.75, 3.05) is 45.2 Å². The van der Waals surface area contributed by atoms with Crippen LogP contribution in [-0.2, 0) is 10.0 Å². The van der Waals surface area contributed by atoms with Gasteiger partial charge in [-0.05, 0) is 56.6 Å². The summed E-state index contributed by atoms with van der Waals surface area (Å²) in [7, 11) is -0.111. The van der Waals surface area contributed by atoms with Gasteiger partial charge in [-0.1, -0.05) is 22.9 Å². The van der Waals surface area contributed by atoms with E-state index in [0.29, 0.717) is 28.8 Å². The van der Waals surface area contributed by atoms with Gasteiger partial charge in [0, 0.05) is 49.6 Å². The highest BCUT2D eigenvalue weighted by molar-refractivity contribution is 7.89. The number of carbonyl (C=O) groups is 1. The average Bonchev–Trinajstić information content (AvgIpc) is 3.26. The zero-order valence-electron chi connectivity index (χ0n) is 20.3. The molecule has 3 aromatic rings. The summed E-state index contributed by atoms with van der Waals surface area (Å²) in [4.78, 5) is 21.6. The predicted molar refractivity (Wildman–Crippen MR) is 148 cm³/mol. The largest absolute Gasteiger partial charge is 0.308 e. The van der Waals surface area contributed by atoms with E-state index in [4.69, 9.17) is 22.1 Å². The van der Waals surface area contributed by atoms with Crippen LogP contribution in [0.5, 0.6) is 0 Å². The molecule has 0 spiro atoms. The lowest BCUT2D eigenvalue weighted by Crippen LogP contribution is -2.36. The summed E-state index contributed by atoms with van der Waals surface area (Å²) >= 11 is 7.46. The third-order valence-corrected chi connectivity index (χ3v) is 8.46. The smallest absolute Gasteiger partial charge is 0.260 e. The normalized spacial score (nSPS) is 11.2. The van der Waals surface area contributed by atoms with Gasteiger partial charge in [0.1, 0.15) is 0 Å². The van der Waals surface area contributed by atoms with Gasteiger partial charge in [0.15, 0.2) is 5.13 Å². The SMILES string of the molecule is CN(C)CCN(C(=O)c1ccc(S(=O)(=O)N(CCC#N)CCC#N)cc1)c1nc2ccc(Cl)cc2s1.Cl. The number of rotatable bonds is 11. The van der Waals surface area contributed by atoms with Gasteiger partial charge in [0.05, 0.1) is 27.3 Å². The van der Waals surface area contributed by atoms with E-state index in [1.165, 1.54) is 35.6 Å². The van der Waals surface area contributed by atoms with Gasteiger partial charge in [-0.2, -0.15) is 14.8 Å². The molecule has 1 amide bonds. The number of amides is 1. The molecule has 0 aliphatic rings. The zero-order valence-corrected chi connectivity index (χ0v) is 23.5. The van der Waals surface area contributed by atoms with Gasteiger partial charge < -0.3 is 4.90 Å². The Labute approximate surface area is 231 Å². The molecule has 0 saturated carbocycles. The summed E-state index contributed by atoms with van der Waals surface area (Å²) < 4.78 is 28.1. The van der Waals surface area contributed by atoms with Crippen molar-refractivity contribution in [1.29, 1.82) is 10.5 Å². The number of aromatic nitrogens is 1. The molecule has 9 nitrogen and oxygen atoms in total. The van der Waals surface area contributed by atoms with Gasteiger partial charge in [-0.3, -0.25) is 9.69 Å². The van der Waals surface area contributed by atoms with Crippen LogP contribution >= 0.6 is 35.3 Å². The fourth-order valence-electron chi connectivity index (χ4n) is 3.36. The number of thiazole rings is 1. The lowest BCUT2D eigenvalue weighted by Gasteiger charge is -2.22. The van der Waals surface area contributed by atoms with E-state index in [-0.39, 0.29) is 49.1 Å². The molecule has 2 aromatic carbocycles. The summed E-state index contributed by atoms with van der Waals surface area (Å²) in [6.45, 7) is 0.958. The lowest BCUT2D eigenvalue weighted by molar-refractivity contribution is 0.0985. The quantitative estimate of drug-likeness (QED) is 0.329. The number of nitriles is 2. The number of halogens is 2. The first kappa shape index (κ1) is 30.5. The van der Waals surface area contributed by atoms with E-state index in [0.717, 1.165) is 14.5 Å². The van der Waals surface area contributed by atoms with Crippen LogP contribution in [-0.4, -0.2) is 68.8 Å². The second-order valence-electron chi connectivity index (χ2n) is 8.11. The van der Waals surface area contributed by atoms with Crippen LogP contribution in [0.3, 0.4) is 0 Å². The van der Waals surface area contributed by atoms with Crippen LogP contribution in [0, 0.1) is 22.7 Å². The first-order valence-corrected chi connectivity index (χ1v) is 13.7. The number of benzene rings is 2. The molecule has 37 heavy (non-hydrogen) atoms. The molecule has 1 heterocycles. The highest BCUT2D eigenvalue weighted by atomic mass is 35.5. The molecule has 196 valence electrons. The van der Waals surface area contributed by atoms with Crippen molar-refractivity contribution in [2.45, 2.75) is 17.7 Å². The number of carbonyl (C=O) groups excluding carboxylic acids is 1. The van der Waals surface area contributed by atoms with E-state index >= 15 is 0 Å². The maximum absolute atomic E-state index is 13.5. The maximum atomic E-state index is 13.5. The molecular weight excluding hydrogens is 555 g/mol. The van der Waals surface area contributed by atoms with Gasteiger partial charge >= 0.3 is 0 Å². The van der Waals surface area contributed by atoms with Crippen LogP contribution < -0.4 is 4.90 Å². The number of fused-ring (bicyclic) bond motifs is 1. The van der Waals surface area contributed by atoms with Crippen molar-refractivity contribution < 1.29 is 13.2 Å². The average molecular weight is 582 g/mol. The number of hydrogen-bond acceptors (Lipinski definition) is 8. The van der Waals surface area contributed by atoms with Crippen molar-refractivity contribution in [3.05, 3.63) is 53.1 Å². The first-order chi connectivity index (χ1) is 17.2. The summed E-state index contributed by atoms with van der Waals surface area (Å²) in [6, 6.07) is 14.9. The van der Waals surface area contributed by atoms with E-state index in [1.54, 1.807) is 23.1 Å². The highest BCUT2D eigenvalue weighted by Gasteiger charge is 2.26. The molecule has 0 bridgehead atoms. The third-order valence-electron chi connectivity index (χ3n) is 5.27. The number of anilines is 1. The molecular formula is C24H26Cl2N6O3S2. The second kappa shape index (κ2) is 13.7. The zero-order chi connectivity index (χ0) is 26.3. The van der Waals surface area contributed by atoms with Gasteiger partial charge in [-0.25, -0.2) is 13.4 Å².